The molecule has 22 heavy (non-hydrogen) atoms. The van der Waals surface area contributed by atoms with Gasteiger partial charge in [0.15, 0.2) is 0 Å². The van der Waals surface area contributed by atoms with Crippen molar-refractivity contribution in [3.05, 3.63) is 46.1 Å². The van der Waals surface area contributed by atoms with Gasteiger partial charge >= 0.3 is 0 Å². The Morgan fingerprint density at radius 2 is 2.14 bits per heavy atom. The van der Waals surface area contributed by atoms with Crippen LogP contribution >= 0.6 is 11.6 Å². The highest BCUT2D eigenvalue weighted by atomic mass is 35.5. The molecule has 0 aliphatic heterocycles. The Labute approximate surface area is 135 Å². The highest BCUT2D eigenvalue weighted by molar-refractivity contribution is 6.31. The predicted octanol–water partition coefficient (Wildman–Crippen LogP) is 3.80. The van der Waals surface area contributed by atoms with E-state index in [0.717, 1.165) is 48.1 Å². The van der Waals surface area contributed by atoms with Crippen LogP contribution in [0.1, 0.15) is 36.4 Å². The first-order valence-corrected chi connectivity index (χ1v) is 8.30. The average molecular weight is 314 g/mol. The number of benzene rings is 1. The Morgan fingerprint density at radius 1 is 1.27 bits per heavy atom. The topological polar surface area (TPSA) is 64.9 Å². The molecule has 4 N–H and O–H groups in total. The third kappa shape index (κ3) is 2.20. The van der Waals surface area contributed by atoms with Gasteiger partial charge in [-0.3, -0.25) is 4.98 Å². The third-order valence-corrected chi connectivity index (χ3v) is 5.23. The molecule has 1 aromatic heterocycles. The molecule has 2 atom stereocenters. The molecule has 0 saturated carbocycles. The molecule has 4 rings (SSSR count). The molecule has 3 nitrogen and oxygen atoms in total. The number of rotatable bonds is 2. The van der Waals surface area contributed by atoms with Crippen LogP contribution in [0.4, 0.5) is 5.69 Å². The summed E-state index contributed by atoms with van der Waals surface area (Å²) in [6.45, 7) is 0.724. The van der Waals surface area contributed by atoms with Gasteiger partial charge in [-0.05, 0) is 56.3 Å². The highest BCUT2D eigenvalue weighted by Gasteiger charge is 2.33. The molecule has 0 radical (unpaired) electrons. The van der Waals surface area contributed by atoms with Crippen molar-refractivity contribution in [1.29, 1.82) is 0 Å². The van der Waals surface area contributed by atoms with Crippen LogP contribution in [0.15, 0.2) is 29.8 Å². The number of nitrogens with zero attached hydrogens (tertiary/aromatic N) is 1. The number of pyridine rings is 1. The highest BCUT2D eigenvalue weighted by Crippen LogP contribution is 2.46. The summed E-state index contributed by atoms with van der Waals surface area (Å²) in [6.07, 6.45) is 6.74. The van der Waals surface area contributed by atoms with Crippen LogP contribution < -0.4 is 11.5 Å². The summed E-state index contributed by atoms with van der Waals surface area (Å²) in [5.74, 6) is 1.07. The van der Waals surface area contributed by atoms with Gasteiger partial charge in [0.1, 0.15) is 0 Å². The van der Waals surface area contributed by atoms with Crippen molar-refractivity contribution in [2.24, 2.45) is 11.7 Å². The van der Waals surface area contributed by atoms with Crippen LogP contribution in [0.25, 0.3) is 10.9 Å². The second-order valence-corrected chi connectivity index (χ2v) is 6.96. The smallest absolute Gasteiger partial charge is 0.0741 e. The zero-order valence-electron chi connectivity index (χ0n) is 12.5. The van der Waals surface area contributed by atoms with Crippen molar-refractivity contribution in [2.75, 3.05) is 12.3 Å². The number of fused-ring (bicyclic) bond motifs is 5. The van der Waals surface area contributed by atoms with Crippen LogP contribution in [-0.2, 0) is 6.42 Å². The number of halogens is 1. The summed E-state index contributed by atoms with van der Waals surface area (Å²) < 4.78 is 0. The van der Waals surface area contributed by atoms with Gasteiger partial charge in [-0.15, -0.1) is 0 Å². The normalized spacial score (nSPS) is 23.3. The maximum Gasteiger partial charge on any atom is 0.0741 e. The molecule has 1 heterocycles. The fourth-order valence-corrected chi connectivity index (χ4v) is 4.30. The van der Waals surface area contributed by atoms with Crippen molar-refractivity contribution in [2.45, 2.75) is 31.6 Å². The molecule has 0 saturated heterocycles. The molecule has 0 fully saturated rings. The minimum Gasteiger partial charge on any atom is -0.398 e. The Kier molecular flexibility index (Phi) is 3.35. The number of nitrogens with two attached hydrogens (primary N) is 2. The van der Waals surface area contributed by atoms with Crippen LogP contribution in [0.5, 0.6) is 0 Å². The standard InChI is InChI=1S/C18H20ClN3/c19-13-1-2-14-15(9-13)22-16-8-11-5-10(3-4-20)6-12(7-11)17(16)18(14)21/h1-2,6,9,11-12H,3-5,7-8,20H2,(H2,21,22)/t11-,12+/m1/s1. The van der Waals surface area contributed by atoms with Crippen molar-refractivity contribution in [3.8, 4) is 0 Å². The summed E-state index contributed by atoms with van der Waals surface area (Å²) in [6, 6.07) is 5.78. The lowest BCUT2D eigenvalue weighted by Crippen LogP contribution is -2.25. The Bertz CT molecular complexity index is 781. The summed E-state index contributed by atoms with van der Waals surface area (Å²) in [5.41, 5.74) is 17.9. The zero-order chi connectivity index (χ0) is 15.3. The Balaban J connectivity index is 1.89. The van der Waals surface area contributed by atoms with E-state index in [-0.39, 0.29) is 0 Å². The Hall–Kier alpha value is -1.58. The molecule has 4 heteroatoms. The molecular weight excluding hydrogens is 294 g/mol. The third-order valence-electron chi connectivity index (χ3n) is 5.00. The van der Waals surface area contributed by atoms with E-state index in [4.69, 9.17) is 28.1 Å². The van der Waals surface area contributed by atoms with Crippen molar-refractivity contribution < 1.29 is 0 Å². The predicted molar refractivity (Wildman–Crippen MR) is 92.1 cm³/mol. The van der Waals surface area contributed by atoms with Gasteiger partial charge in [-0.25, -0.2) is 0 Å². The van der Waals surface area contributed by atoms with E-state index in [2.05, 4.69) is 6.08 Å². The largest absolute Gasteiger partial charge is 0.398 e. The SMILES string of the molecule is NCCC1=C[C@H]2C[C@@H](C1)Cc1nc3cc(Cl)ccc3c(N)c12. The van der Waals surface area contributed by atoms with Gasteiger partial charge in [-0.2, -0.15) is 0 Å². The van der Waals surface area contributed by atoms with Gasteiger partial charge in [-0.1, -0.05) is 23.3 Å². The van der Waals surface area contributed by atoms with E-state index >= 15 is 0 Å². The van der Waals surface area contributed by atoms with E-state index in [1.54, 1.807) is 0 Å². The summed E-state index contributed by atoms with van der Waals surface area (Å²) in [5, 5.41) is 1.72. The number of hydrogen-bond acceptors (Lipinski definition) is 3. The maximum absolute atomic E-state index is 6.51. The average Bonchev–Trinajstić information content (AvgIpc) is 2.46. The molecule has 2 aliphatic carbocycles. The molecule has 0 unspecified atom stereocenters. The summed E-state index contributed by atoms with van der Waals surface area (Å²) in [7, 11) is 0. The number of nitrogen functional groups attached to an aromatic ring is 1. The first-order valence-electron chi connectivity index (χ1n) is 7.93. The van der Waals surface area contributed by atoms with Crippen LogP contribution in [0.3, 0.4) is 0 Å². The molecule has 2 aromatic rings. The summed E-state index contributed by atoms with van der Waals surface area (Å²) in [4.78, 5) is 4.87. The van der Waals surface area contributed by atoms with E-state index in [1.165, 1.54) is 17.6 Å². The molecular formula is C18H20ClN3. The lowest BCUT2D eigenvalue weighted by Gasteiger charge is -2.35. The maximum atomic E-state index is 6.51. The lowest BCUT2D eigenvalue weighted by molar-refractivity contribution is 0.398. The first-order chi connectivity index (χ1) is 10.7. The summed E-state index contributed by atoms with van der Waals surface area (Å²) >= 11 is 6.10. The molecule has 2 aliphatic rings. The van der Waals surface area contributed by atoms with E-state index < -0.39 is 0 Å². The van der Waals surface area contributed by atoms with E-state index in [0.29, 0.717) is 16.9 Å². The molecule has 114 valence electrons. The van der Waals surface area contributed by atoms with E-state index in [9.17, 15) is 0 Å². The fraction of sp³-hybridized carbons (Fsp3) is 0.389. The van der Waals surface area contributed by atoms with Crippen LogP contribution in [-0.4, -0.2) is 11.5 Å². The molecule has 2 bridgehead atoms. The number of allylic oxidation sites excluding steroid dienone is 1. The van der Waals surface area contributed by atoms with Crippen molar-refractivity contribution in [1.82, 2.24) is 4.98 Å². The molecule has 0 spiro atoms. The minimum absolute atomic E-state index is 0.400. The minimum atomic E-state index is 0.400. The number of anilines is 1. The van der Waals surface area contributed by atoms with E-state index in [1.807, 2.05) is 18.2 Å². The van der Waals surface area contributed by atoms with Gasteiger partial charge in [0.05, 0.1) is 5.52 Å². The molecule has 1 aromatic carbocycles. The van der Waals surface area contributed by atoms with Gasteiger partial charge in [0.25, 0.3) is 0 Å². The Morgan fingerprint density at radius 3 is 2.95 bits per heavy atom. The second-order valence-electron chi connectivity index (χ2n) is 6.53. The molecule has 0 amide bonds. The van der Waals surface area contributed by atoms with Crippen molar-refractivity contribution >= 4 is 28.2 Å². The number of aromatic nitrogens is 1. The van der Waals surface area contributed by atoms with Crippen LogP contribution in [0, 0.1) is 5.92 Å². The van der Waals surface area contributed by atoms with Crippen molar-refractivity contribution in [3.63, 3.8) is 0 Å². The number of hydrogen-bond donors (Lipinski definition) is 2. The lowest BCUT2D eigenvalue weighted by atomic mass is 9.70. The quantitative estimate of drug-likeness (QED) is 0.829. The zero-order valence-corrected chi connectivity index (χ0v) is 13.2. The van der Waals surface area contributed by atoms with Gasteiger partial charge in [0.2, 0.25) is 0 Å². The fourth-order valence-electron chi connectivity index (χ4n) is 4.14. The first kappa shape index (κ1) is 14.0. The van der Waals surface area contributed by atoms with Crippen LogP contribution in [0.2, 0.25) is 5.02 Å². The second kappa shape index (κ2) is 5.25. The van der Waals surface area contributed by atoms with Gasteiger partial charge < -0.3 is 11.5 Å². The van der Waals surface area contributed by atoms with Gasteiger partial charge in [0, 0.05) is 33.3 Å². The monoisotopic (exact) mass is 313 g/mol.